The van der Waals surface area contributed by atoms with Crippen molar-refractivity contribution in [2.75, 3.05) is 6.54 Å². The maximum absolute atomic E-state index is 6.19. The smallest absolute Gasteiger partial charge is 0.115 e. The first-order valence-corrected chi connectivity index (χ1v) is 6.80. The minimum atomic E-state index is 0.0867. The van der Waals surface area contributed by atoms with E-state index in [1.807, 2.05) is 23.8 Å². The molecule has 1 N–H and O–H groups in total. The van der Waals surface area contributed by atoms with Gasteiger partial charge in [0.1, 0.15) is 6.33 Å². The van der Waals surface area contributed by atoms with E-state index in [0.717, 1.165) is 28.4 Å². The fraction of sp³-hybridized carbons (Fsp3) is 0.333. The number of hydrogen-bond acceptors (Lipinski definition) is 4. The van der Waals surface area contributed by atoms with Gasteiger partial charge in [0.2, 0.25) is 0 Å². The maximum Gasteiger partial charge on any atom is 0.115 e. The molecule has 1 unspecified atom stereocenters. The first-order valence-electron chi connectivity index (χ1n) is 5.54. The number of rotatable bonds is 5. The third-order valence-corrected chi connectivity index (χ3v) is 3.84. The summed E-state index contributed by atoms with van der Waals surface area (Å²) >= 11 is 7.85. The third-order valence-electron chi connectivity index (χ3n) is 2.42. The summed E-state index contributed by atoms with van der Waals surface area (Å²) in [7, 11) is 0. The van der Waals surface area contributed by atoms with Gasteiger partial charge in [-0.3, -0.25) is 0 Å². The second-order valence-corrected chi connectivity index (χ2v) is 5.05. The fourth-order valence-electron chi connectivity index (χ4n) is 1.62. The average Bonchev–Trinajstić information content (AvgIpc) is 2.78. The minimum absolute atomic E-state index is 0.0867. The van der Waals surface area contributed by atoms with Crippen LogP contribution >= 0.6 is 22.9 Å². The van der Waals surface area contributed by atoms with E-state index in [0.29, 0.717) is 0 Å². The number of nitrogens with zero attached hydrogens (tertiary/aromatic N) is 2. The van der Waals surface area contributed by atoms with Crippen LogP contribution < -0.4 is 5.32 Å². The summed E-state index contributed by atoms with van der Waals surface area (Å²) in [6.07, 6.45) is 6.27. The van der Waals surface area contributed by atoms with Gasteiger partial charge in [-0.2, -0.15) is 0 Å². The third kappa shape index (κ3) is 3.03. The predicted octanol–water partition coefficient (Wildman–Crippen LogP) is 3.28. The van der Waals surface area contributed by atoms with Crippen LogP contribution in [0.4, 0.5) is 0 Å². The molecule has 2 aromatic heterocycles. The normalized spacial score (nSPS) is 12.6. The van der Waals surface area contributed by atoms with Crippen LogP contribution in [0.5, 0.6) is 0 Å². The van der Waals surface area contributed by atoms with Crippen molar-refractivity contribution in [3.8, 4) is 0 Å². The molecule has 0 aliphatic rings. The van der Waals surface area contributed by atoms with E-state index in [2.05, 4.69) is 22.2 Å². The molecular weight excluding hydrogens is 254 g/mol. The second-order valence-electron chi connectivity index (χ2n) is 3.69. The summed E-state index contributed by atoms with van der Waals surface area (Å²) in [6, 6.07) is 2.01. The Morgan fingerprint density at radius 1 is 1.41 bits per heavy atom. The summed E-state index contributed by atoms with van der Waals surface area (Å²) in [5.74, 6) is 0. The lowest BCUT2D eigenvalue weighted by atomic mass is 10.1. The topological polar surface area (TPSA) is 37.8 Å². The van der Waals surface area contributed by atoms with Crippen LogP contribution in [-0.2, 0) is 0 Å². The molecule has 0 spiro atoms. The molecule has 0 saturated heterocycles. The van der Waals surface area contributed by atoms with Gasteiger partial charge < -0.3 is 5.32 Å². The van der Waals surface area contributed by atoms with Crippen molar-refractivity contribution < 1.29 is 0 Å². The van der Waals surface area contributed by atoms with Crippen molar-refractivity contribution in [3.63, 3.8) is 0 Å². The van der Waals surface area contributed by atoms with Gasteiger partial charge in [-0.25, -0.2) is 9.97 Å². The van der Waals surface area contributed by atoms with Crippen LogP contribution in [0.15, 0.2) is 30.2 Å². The minimum Gasteiger partial charge on any atom is -0.305 e. The lowest BCUT2D eigenvalue weighted by Gasteiger charge is -2.17. The van der Waals surface area contributed by atoms with E-state index in [4.69, 9.17) is 11.6 Å². The van der Waals surface area contributed by atoms with Gasteiger partial charge in [0.15, 0.2) is 0 Å². The van der Waals surface area contributed by atoms with Gasteiger partial charge in [-0.1, -0.05) is 18.5 Å². The Hall–Kier alpha value is -0.970. The van der Waals surface area contributed by atoms with Crippen molar-refractivity contribution in [1.29, 1.82) is 0 Å². The molecule has 90 valence electrons. The average molecular weight is 268 g/mol. The maximum atomic E-state index is 6.19. The highest BCUT2D eigenvalue weighted by molar-refractivity contribution is 7.10. The van der Waals surface area contributed by atoms with E-state index < -0.39 is 0 Å². The summed E-state index contributed by atoms with van der Waals surface area (Å²) in [5, 5.41) is 6.28. The number of halogens is 1. The Balaban J connectivity index is 2.29. The first kappa shape index (κ1) is 12.5. The summed E-state index contributed by atoms with van der Waals surface area (Å²) in [5.41, 5.74) is 1.05. The van der Waals surface area contributed by atoms with Crippen molar-refractivity contribution in [2.45, 2.75) is 19.4 Å². The van der Waals surface area contributed by atoms with E-state index >= 15 is 0 Å². The Kier molecular flexibility index (Phi) is 4.48. The Morgan fingerprint density at radius 2 is 2.18 bits per heavy atom. The zero-order chi connectivity index (χ0) is 12.1. The van der Waals surface area contributed by atoms with Crippen molar-refractivity contribution in [2.24, 2.45) is 0 Å². The van der Waals surface area contributed by atoms with Crippen LogP contribution in [-0.4, -0.2) is 16.5 Å². The molecule has 0 amide bonds. The lowest BCUT2D eigenvalue weighted by molar-refractivity contribution is 0.602. The molecule has 0 bridgehead atoms. The molecule has 0 saturated carbocycles. The number of hydrogen-bond donors (Lipinski definition) is 1. The Bertz CT molecular complexity index is 458. The van der Waals surface area contributed by atoms with Crippen LogP contribution in [0.3, 0.4) is 0 Å². The number of aromatic nitrogens is 2. The SMILES string of the molecule is CCCNC(c1cncnc1)c1sccc1Cl. The fourth-order valence-corrected chi connectivity index (χ4v) is 2.89. The Morgan fingerprint density at radius 3 is 2.76 bits per heavy atom. The molecule has 1 atom stereocenters. The standard InChI is InChI=1S/C12H14ClN3S/c1-2-4-16-11(9-6-14-8-15-7-9)12-10(13)3-5-17-12/h3,5-8,11,16H,2,4H2,1H3. The zero-order valence-electron chi connectivity index (χ0n) is 9.56. The monoisotopic (exact) mass is 267 g/mol. The number of thiophene rings is 1. The first-order chi connectivity index (χ1) is 8.33. The summed E-state index contributed by atoms with van der Waals surface area (Å²) in [4.78, 5) is 9.25. The predicted molar refractivity (Wildman–Crippen MR) is 71.5 cm³/mol. The quantitative estimate of drug-likeness (QED) is 0.903. The molecule has 2 rings (SSSR count). The van der Waals surface area contributed by atoms with Gasteiger partial charge in [-0.15, -0.1) is 11.3 Å². The molecular formula is C12H14ClN3S. The lowest BCUT2D eigenvalue weighted by Crippen LogP contribution is -2.22. The summed E-state index contributed by atoms with van der Waals surface area (Å²) in [6.45, 7) is 3.08. The second kappa shape index (κ2) is 6.10. The van der Waals surface area contributed by atoms with Crippen LogP contribution in [0.1, 0.15) is 29.8 Å². The van der Waals surface area contributed by atoms with Gasteiger partial charge in [0.05, 0.1) is 11.1 Å². The Labute approximate surface area is 110 Å². The molecule has 0 radical (unpaired) electrons. The van der Waals surface area contributed by atoms with Gasteiger partial charge in [0.25, 0.3) is 0 Å². The highest BCUT2D eigenvalue weighted by Crippen LogP contribution is 2.32. The van der Waals surface area contributed by atoms with E-state index in [9.17, 15) is 0 Å². The molecule has 0 aromatic carbocycles. The van der Waals surface area contributed by atoms with Crippen molar-refractivity contribution in [1.82, 2.24) is 15.3 Å². The van der Waals surface area contributed by atoms with Crippen molar-refractivity contribution in [3.05, 3.63) is 45.6 Å². The van der Waals surface area contributed by atoms with E-state index in [1.165, 1.54) is 6.33 Å². The molecule has 2 heterocycles. The molecule has 0 aliphatic heterocycles. The van der Waals surface area contributed by atoms with Crippen LogP contribution in [0.2, 0.25) is 5.02 Å². The highest BCUT2D eigenvalue weighted by atomic mass is 35.5. The van der Waals surface area contributed by atoms with Gasteiger partial charge in [0, 0.05) is 22.8 Å². The molecule has 0 aliphatic carbocycles. The number of nitrogens with one attached hydrogen (secondary N) is 1. The molecule has 2 aromatic rings. The molecule has 5 heteroatoms. The molecule has 3 nitrogen and oxygen atoms in total. The zero-order valence-corrected chi connectivity index (χ0v) is 11.1. The largest absolute Gasteiger partial charge is 0.305 e. The highest BCUT2D eigenvalue weighted by Gasteiger charge is 2.17. The van der Waals surface area contributed by atoms with Crippen LogP contribution in [0.25, 0.3) is 0 Å². The van der Waals surface area contributed by atoms with Gasteiger partial charge >= 0.3 is 0 Å². The van der Waals surface area contributed by atoms with Crippen molar-refractivity contribution >= 4 is 22.9 Å². The van der Waals surface area contributed by atoms with Gasteiger partial charge in [-0.05, 0) is 24.4 Å². The van der Waals surface area contributed by atoms with E-state index in [-0.39, 0.29) is 6.04 Å². The molecule has 17 heavy (non-hydrogen) atoms. The molecule has 0 fully saturated rings. The van der Waals surface area contributed by atoms with Crippen LogP contribution in [0, 0.1) is 0 Å². The van der Waals surface area contributed by atoms with E-state index in [1.54, 1.807) is 11.3 Å². The summed E-state index contributed by atoms with van der Waals surface area (Å²) < 4.78 is 0.